The molecule has 6 N–H and O–H groups in total. The molecule has 11 heteroatoms. The second-order valence-corrected chi connectivity index (χ2v) is 8.30. The fraction of sp³-hybridized carbons (Fsp3) is 0.333. The zero-order valence-corrected chi connectivity index (χ0v) is 21.3. The highest BCUT2D eigenvalue weighted by atomic mass is 35.5. The van der Waals surface area contributed by atoms with Gasteiger partial charge < -0.3 is 26.4 Å². The Hall–Kier alpha value is -3.30. The minimum absolute atomic E-state index is 0. The highest BCUT2D eigenvalue weighted by Gasteiger charge is 2.27. The molecule has 1 aliphatic carbocycles. The summed E-state index contributed by atoms with van der Waals surface area (Å²) in [7, 11) is 1.59. The average molecular weight is 520 g/mol. The number of nitrogens with one attached hydrogen (secondary N) is 4. The van der Waals surface area contributed by atoms with Gasteiger partial charge in [-0.2, -0.15) is 0 Å². The molecule has 188 valence electrons. The maximum absolute atomic E-state index is 13.0. The Morgan fingerprint density at radius 1 is 1.06 bits per heavy atom. The lowest BCUT2D eigenvalue weighted by Gasteiger charge is -2.33. The number of ether oxygens (including phenoxy) is 1. The van der Waals surface area contributed by atoms with E-state index in [1.807, 2.05) is 25.1 Å². The van der Waals surface area contributed by atoms with E-state index in [9.17, 15) is 4.79 Å². The topological polar surface area (TPSA) is 138 Å². The van der Waals surface area contributed by atoms with Gasteiger partial charge in [-0.15, -0.1) is 24.8 Å². The second-order valence-electron chi connectivity index (χ2n) is 8.30. The number of aromatic nitrogens is 2. The van der Waals surface area contributed by atoms with Crippen molar-refractivity contribution >= 4 is 59.1 Å². The Morgan fingerprint density at radius 3 is 2.40 bits per heavy atom. The molecule has 1 heterocycles. The number of carbonyl (C=O) groups excluding carboxylic acids is 1. The molecule has 0 spiro atoms. The van der Waals surface area contributed by atoms with Crippen LogP contribution in [-0.2, 0) is 0 Å². The van der Waals surface area contributed by atoms with Gasteiger partial charge in [0.1, 0.15) is 11.6 Å². The van der Waals surface area contributed by atoms with E-state index in [1.54, 1.807) is 31.4 Å². The zero-order chi connectivity index (χ0) is 23.4. The number of nitrogens with two attached hydrogens (primary N) is 1. The normalized spacial score (nSPS) is 16.9. The van der Waals surface area contributed by atoms with Crippen LogP contribution < -0.4 is 26.4 Å². The molecular weight excluding hydrogens is 489 g/mol. The summed E-state index contributed by atoms with van der Waals surface area (Å²) in [6.45, 7) is 2.01. The van der Waals surface area contributed by atoms with E-state index < -0.39 is 5.91 Å². The Morgan fingerprint density at radius 2 is 1.74 bits per heavy atom. The van der Waals surface area contributed by atoms with E-state index in [0.29, 0.717) is 22.8 Å². The van der Waals surface area contributed by atoms with Crippen molar-refractivity contribution in [1.82, 2.24) is 15.3 Å². The van der Waals surface area contributed by atoms with E-state index in [-0.39, 0.29) is 48.7 Å². The summed E-state index contributed by atoms with van der Waals surface area (Å²) in [6.07, 6.45) is 3.96. The van der Waals surface area contributed by atoms with Crippen molar-refractivity contribution in [2.24, 2.45) is 5.73 Å². The predicted octanol–water partition coefficient (Wildman–Crippen LogP) is 4.25. The van der Waals surface area contributed by atoms with Gasteiger partial charge in [-0.1, -0.05) is 24.5 Å². The molecule has 1 aromatic heterocycles. The minimum atomic E-state index is -0.396. The number of amides is 1. The number of benzene rings is 2. The van der Waals surface area contributed by atoms with Gasteiger partial charge in [0.15, 0.2) is 5.96 Å². The minimum Gasteiger partial charge on any atom is -0.497 e. The van der Waals surface area contributed by atoms with Gasteiger partial charge in [0.05, 0.1) is 12.6 Å². The Kier molecular flexibility index (Phi) is 9.91. The van der Waals surface area contributed by atoms with Crippen LogP contribution in [0.15, 0.2) is 42.5 Å². The molecule has 3 aromatic rings. The van der Waals surface area contributed by atoms with Crippen LogP contribution in [0.5, 0.6) is 5.75 Å². The first-order valence-corrected chi connectivity index (χ1v) is 11.0. The van der Waals surface area contributed by atoms with Crippen LogP contribution in [0.3, 0.4) is 0 Å². The van der Waals surface area contributed by atoms with Gasteiger partial charge in [0, 0.05) is 23.2 Å². The molecule has 1 amide bonds. The average Bonchev–Trinajstić information content (AvgIpc) is 2.80. The molecule has 4 rings (SSSR count). The quantitative estimate of drug-likeness (QED) is 0.242. The van der Waals surface area contributed by atoms with Crippen molar-refractivity contribution in [3.8, 4) is 5.75 Å². The van der Waals surface area contributed by atoms with Crippen LogP contribution in [0.25, 0.3) is 10.9 Å². The molecular formula is C24H31Cl2N7O2. The third-order valence-corrected chi connectivity index (χ3v) is 5.83. The largest absolute Gasteiger partial charge is 0.497 e. The van der Waals surface area contributed by atoms with Crippen molar-refractivity contribution in [2.45, 2.75) is 44.7 Å². The predicted molar refractivity (Wildman–Crippen MR) is 144 cm³/mol. The number of hydrogen-bond donors (Lipinski definition) is 5. The number of methoxy groups -OCH3 is 1. The molecule has 9 nitrogen and oxygen atoms in total. The Balaban J connectivity index is 0.00000216. The lowest BCUT2D eigenvalue weighted by molar-refractivity contribution is 0.101. The molecule has 35 heavy (non-hydrogen) atoms. The number of hydrogen-bond acceptors (Lipinski definition) is 6. The van der Waals surface area contributed by atoms with Crippen LogP contribution in [0.4, 0.5) is 11.5 Å². The van der Waals surface area contributed by atoms with Gasteiger partial charge in [-0.05, 0) is 56.2 Å². The number of aryl methyl sites for hydroxylation is 1. The molecule has 2 atom stereocenters. The summed E-state index contributed by atoms with van der Waals surface area (Å²) in [6, 6.07) is 13.0. The number of rotatable bonds is 6. The van der Waals surface area contributed by atoms with Crippen molar-refractivity contribution in [1.29, 1.82) is 5.41 Å². The zero-order valence-electron chi connectivity index (χ0n) is 19.6. The number of anilines is 2. The van der Waals surface area contributed by atoms with Crippen LogP contribution in [-0.4, -0.2) is 41.0 Å². The summed E-state index contributed by atoms with van der Waals surface area (Å²) in [4.78, 5) is 22.1. The third-order valence-electron chi connectivity index (χ3n) is 5.83. The SMILES string of the molecule is COc1ccc(NC(=O)c2nc(N[C@H]3CCCC[C@H]3NC(=N)N)c3cc(C)ccc3n2)cc1.Cl.Cl. The van der Waals surface area contributed by atoms with Gasteiger partial charge in [-0.25, -0.2) is 9.97 Å². The first-order chi connectivity index (χ1) is 15.9. The van der Waals surface area contributed by atoms with Crippen LogP contribution in [0.2, 0.25) is 0 Å². The highest BCUT2D eigenvalue weighted by molar-refractivity contribution is 6.04. The molecule has 0 aliphatic heterocycles. The molecule has 2 aromatic carbocycles. The fourth-order valence-electron chi connectivity index (χ4n) is 4.17. The lowest BCUT2D eigenvalue weighted by atomic mass is 9.90. The maximum Gasteiger partial charge on any atom is 0.293 e. The molecule has 0 unspecified atom stereocenters. The Labute approximate surface area is 217 Å². The van der Waals surface area contributed by atoms with E-state index >= 15 is 0 Å². The third kappa shape index (κ3) is 6.86. The standard InChI is InChI=1S/C24H29N7O2.2ClH/c1-14-7-12-18-17(13-14)21(29-19-5-3-4-6-20(19)30-24(25)26)31-22(28-18)23(32)27-15-8-10-16(33-2)11-9-15;;/h7-13,19-20H,3-6H2,1-2H3,(H,27,32)(H4,25,26,30)(H,28,29,31);2*1H/t19-,20+;;/m0../s1. The fourth-order valence-corrected chi connectivity index (χ4v) is 4.17. The number of nitrogens with zero attached hydrogens (tertiary/aromatic N) is 2. The molecule has 1 fully saturated rings. The van der Waals surface area contributed by atoms with Crippen molar-refractivity contribution in [2.75, 3.05) is 17.7 Å². The van der Waals surface area contributed by atoms with Gasteiger partial charge >= 0.3 is 0 Å². The molecule has 0 saturated heterocycles. The van der Waals surface area contributed by atoms with Crippen molar-refractivity contribution < 1.29 is 9.53 Å². The van der Waals surface area contributed by atoms with Crippen molar-refractivity contribution in [3.63, 3.8) is 0 Å². The second kappa shape index (κ2) is 12.4. The first kappa shape index (κ1) is 27.9. The number of guanidine groups is 1. The van der Waals surface area contributed by atoms with E-state index in [4.69, 9.17) is 15.9 Å². The lowest BCUT2D eigenvalue weighted by Crippen LogP contribution is -2.50. The van der Waals surface area contributed by atoms with Crippen LogP contribution in [0.1, 0.15) is 41.9 Å². The van der Waals surface area contributed by atoms with E-state index in [2.05, 4.69) is 25.9 Å². The smallest absolute Gasteiger partial charge is 0.293 e. The van der Waals surface area contributed by atoms with Crippen molar-refractivity contribution in [3.05, 3.63) is 53.9 Å². The summed E-state index contributed by atoms with van der Waals surface area (Å²) in [5.74, 6) is 0.949. The molecule has 0 radical (unpaired) electrons. The van der Waals surface area contributed by atoms with Gasteiger partial charge in [-0.3, -0.25) is 10.2 Å². The van der Waals surface area contributed by atoms with Crippen LogP contribution in [0, 0.1) is 12.3 Å². The summed E-state index contributed by atoms with van der Waals surface area (Å²) in [5, 5.41) is 17.9. The number of fused-ring (bicyclic) bond motifs is 1. The van der Waals surface area contributed by atoms with Crippen LogP contribution >= 0.6 is 24.8 Å². The highest BCUT2D eigenvalue weighted by Crippen LogP contribution is 2.27. The van der Waals surface area contributed by atoms with E-state index in [1.165, 1.54) is 0 Å². The first-order valence-electron chi connectivity index (χ1n) is 11.0. The number of halogens is 2. The summed E-state index contributed by atoms with van der Waals surface area (Å²) < 4.78 is 5.17. The summed E-state index contributed by atoms with van der Waals surface area (Å²) >= 11 is 0. The maximum atomic E-state index is 13.0. The molecule has 0 bridgehead atoms. The Bertz CT molecular complexity index is 1170. The monoisotopic (exact) mass is 519 g/mol. The molecule has 1 aliphatic rings. The van der Waals surface area contributed by atoms with Gasteiger partial charge in [0.2, 0.25) is 5.82 Å². The van der Waals surface area contributed by atoms with Gasteiger partial charge in [0.25, 0.3) is 5.91 Å². The van der Waals surface area contributed by atoms with E-state index in [0.717, 1.165) is 36.6 Å². The molecule has 1 saturated carbocycles. The number of carbonyl (C=O) groups is 1. The summed E-state index contributed by atoms with van der Waals surface area (Å²) in [5.41, 5.74) is 7.99.